The van der Waals surface area contributed by atoms with E-state index in [-0.39, 0.29) is 0 Å². The SMILES string of the molecule is CCC1=CCC[C@H](CC)[C@@H]1c1c(CC)nn(-c2cccc(Oc3ccc4c5ccccc5n(-c5cc(C)ccn5)c4c3)c2)c1CC. The quantitative estimate of drug-likeness (QED) is 0.153. The van der Waals surface area contributed by atoms with Crippen LogP contribution in [-0.2, 0) is 12.8 Å². The molecule has 234 valence electrons. The van der Waals surface area contributed by atoms with Gasteiger partial charge in [0.05, 0.1) is 22.4 Å². The van der Waals surface area contributed by atoms with Gasteiger partial charge in [-0.2, -0.15) is 5.10 Å². The molecule has 0 N–H and O–H groups in total. The lowest BCUT2D eigenvalue weighted by Gasteiger charge is -2.33. The number of hydrogen-bond donors (Lipinski definition) is 0. The van der Waals surface area contributed by atoms with E-state index in [0.29, 0.717) is 11.8 Å². The second kappa shape index (κ2) is 12.6. The lowest BCUT2D eigenvalue weighted by Crippen LogP contribution is -2.20. The van der Waals surface area contributed by atoms with Gasteiger partial charge in [-0.15, -0.1) is 0 Å². The van der Waals surface area contributed by atoms with Crippen LogP contribution in [0, 0.1) is 12.8 Å². The van der Waals surface area contributed by atoms with Crippen LogP contribution in [0.3, 0.4) is 0 Å². The number of hydrogen-bond acceptors (Lipinski definition) is 3. The van der Waals surface area contributed by atoms with E-state index >= 15 is 0 Å². The third-order valence-electron chi connectivity index (χ3n) is 9.90. The second-order valence-corrected chi connectivity index (χ2v) is 12.6. The zero-order valence-electron chi connectivity index (χ0n) is 27.8. The van der Waals surface area contributed by atoms with Crippen molar-refractivity contribution in [1.82, 2.24) is 19.3 Å². The number of para-hydroxylation sites is 1. The Labute approximate surface area is 272 Å². The molecule has 0 unspecified atom stereocenters. The fourth-order valence-electron chi connectivity index (χ4n) is 7.71. The summed E-state index contributed by atoms with van der Waals surface area (Å²) in [7, 11) is 0. The Morgan fingerprint density at radius 1 is 0.804 bits per heavy atom. The molecular weight excluding hydrogens is 564 g/mol. The summed E-state index contributed by atoms with van der Waals surface area (Å²) in [5.41, 5.74) is 10.0. The molecule has 3 aromatic heterocycles. The Hall–Kier alpha value is -4.64. The molecule has 5 nitrogen and oxygen atoms in total. The smallest absolute Gasteiger partial charge is 0.137 e. The number of allylic oxidation sites excluding steroid dienone is 2. The van der Waals surface area contributed by atoms with E-state index in [0.717, 1.165) is 53.3 Å². The van der Waals surface area contributed by atoms with Crippen LogP contribution in [0.1, 0.15) is 81.8 Å². The second-order valence-electron chi connectivity index (χ2n) is 12.6. The van der Waals surface area contributed by atoms with E-state index in [1.165, 1.54) is 52.5 Å². The van der Waals surface area contributed by atoms with Crippen LogP contribution in [-0.4, -0.2) is 19.3 Å². The van der Waals surface area contributed by atoms with Crippen molar-refractivity contribution in [2.75, 3.05) is 0 Å². The molecule has 0 bridgehead atoms. The lowest BCUT2D eigenvalue weighted by molar-refractivity contribution is 0.392. The van der Waals surface area contributed by atoms with Crippen LogP contribution in [0.4, 0.5) is 0 Å². The number of pyridine rings is 1. The molecule has 6 aromatic rings. The first-order valence-corrected chi connectivity index (χ1v) is 17.1. The average Bonchev–Trinajstić information content (AvgIpc) is 3.63. The van der Waals surface area contributed by atoms with Gasteiger partial charge in [-0.3, -0.25) is 4.57 Å². The molecule has 0 spiro atoms. The zero-order chi connectivity index (χ0) is 31.8. The fraction of sp³-hybridized carbons (Fsp3) is 0.317. The van der Waals surface area contributed by atoms with E-state index in [1.807, 2.05) is 18.3 Å². The molecule has 0 fully saturated rings. The molecule has 1 aliphatic rings. The van der Waals surface area contributed by atoms with Crippen molar-refractivity contribution >= 4 is 21.8 Å². The number of aromatic nitrogens is 4. The van der Waals surface area contributed by atoms with Crippen molar-refractivity contribution in [3.63, 3.8) is 0 Å². The van der Waals surface area contributed by atoms with E-state index in [1.54, 1.807) is 5.57 Å². The summed E-state index contributed by atoms with van der Waals surface area (Å²) in [6, 6.07) is 27.5. The maximum Gasteiger partial charge on any atom is 0.137 e. The molecule has 3 aromatic carbocycles. The van der Waals surface area contributed by atoms with Gasteiger partial charge in [0.2, 0.25) is 0 Å². The summed E-state index contributed by atoms with van der Waals surface area (Å²) in [4.78, 5) is 4.74. The summed E-state index contributed by atoms with van der Waals surface area (Å²) >= 11 is 0. The van der Waals surface area contributed by atoms with Crippen LogP contribution in [0.2, 0.25) is 0 Å². The maximum absolute atomic E-state index is 6.60. The fourth-order valence-corrected chi connectivity index (χ4v) is 7.71. The van der Waals surface area contributed by atoms with Gasteiger partial charge >= 0.3 is 0 Å². The first kappa shape index (κ1) is 30.0. The molecule has 0 aliphatic heterocycles. The number of nitrogens with zero attached hydrogens (tertiary/aromatic N) is 4. The number of benzene rings is 3. The van der Waals surface area contributed by atoms with Gasteiger partial charge in [0.1, 0.15) is 17.3 Å². The van der Waals surface area contributed by atoms with Crippen molar-refractivity contribution in [1.29, 1.82) is 0 Å². The van der Waals surface area contributed by atoms with E-state index in [2.05, 4.69) is 117 Å². The molecular formula is C41H44N4O. The van der Waals surface area contributed by atoms with E-state index in [4.69, 9.17) is 14.8 Å². The molecule has 0 radical (unpaired) electrons. The molecule has 5 heteroatoms. The lowest BCUT2D eigenvalue weighted by atomic mass is 9.71. The molecule has 0 amide bonds. The molecule has 0 saturated heterocycles. The highest BCUT2D eigenvalue weighted by molar-refractivity contribution is 6.09. The highest BCUT2D eigenvalue weighted by Crippen LogP contribution is 2.45. The van der Waals surface area contributed by atoms with Gasteiger partial charge in [-0.1, -0.05) is 70.0 Å². The van der Waals surface area contributed by atoms with Crippen LogP contribution in [0.15, 0.2) is 96.7 Å². The number of aryl methyl sites for hydroxylation is 2. The number of fused-ring (bicyclic) bond motifs is 3. The molecule has 46 heavy (non-hydrogen) atoms. The summed E-state index contributed by atoms with van der Waals surface area (Å²) in [5.74, 6) is 3.62. The van der Waals surface area contributed by atoms with Crippen molar-refractivity contribution in [3.8, 4) is 23.0 Å². The zero-order valence-corrected chi connectivity index (χ0v) is 27.8. The monoisotopic (exact) mass is 608 g/mol. The van der Waals surface area contributed by atoms with Crippen molar-refractivity contribution in [3.05, 3.63) is 119 Å². The van der Waals surface area contributed by atoms with Gasteiger partial charge in [-0.05, 0) is 93.0 Å². The first-order valence-electron chi connectivity index (χ1n) is 17.1. The van der Waals surface area contributed by atoms with Crippen LogP contribution < -0.4 is 4.74 Å². The highest BCUT2D eigenvalue weighted by Gasteiger charge is 2.33. The molecule has 0 saturated carbocycles. The third-order valence-corrected chi connectivity index (χ3v) is 9.90. The third kappa shape index (κ3) is 5.22. The summed E-state index contributed by atoms with van der Waals surface area (Å²) < 4.78 is 11.0. The molecule has 3 heterocycles. The Bertz CT molecular complexity index is 2060. The van der Waals surface area contributed by atoms with Crippen LogP contribution >= 0.6 is 0 Å². The average molecular weight is 609 g/mol. The normalized spacial score (nSPS) is 16.7. The van der Waals surface area contributed by atoms with Gasteiger partial charge < -0.3 is 4.74 Å². The van der Waals surface area contributed by atoms with Crippen LogP contribution in [0.5, 0.6) is 11.5 Å². The Morgan fingerprint density at radius 2 is 1.63 bits per heavy atom. The molecule has 1 aliphatic carbocycles. The maximum atomic E-state index is 6.60. The van der Waals surface area contributed by atoms with Gasteiger partial charge in [0.25, 0.3) is 0 Å². The van der Waals surface area contributed by atoms with Crippen molar-refractivity contribution in [2.24, 2.45) is 5.92 Å². The minimum Gasteiger partial charge on any atom is -0.457 e. The van der Waals surface area contributed by atoms with Crippen molar-refractivity contribution < 1.29 is 4.74 Å². The largest absolute Gasteiger partial charge is 0.457 e. The first-order chi connectivity index (χ1) is 22.5. The minimum atomic E-state index is 0.461. The predicted octanol–water partition coefficient (Wildman–Crippen LogP) is 10.8. The van der Waals surface area contributed by atoms with Crippen molar-refractivity contribution in [2.45, 2.75) is 79.1 Å². The Balaban J connectivity index is 1.29. The molecule has 2 atom stereocenters. The Morgan fingerprint density at radius 3 is 2.41 bits per heavy atom. The van der Waals surface area contributed by atoms with Gasteiger partial charge in [0.15, 0.2) is 0 Å². The van der Waals surface area contributed by atoms with Gasteiger partial charge in [-0.25, -0.2) is 9.67 Å². The highest BCUT2D eigenvalue weighted by atomic mass is 16.5. The van der Waals surface area contributed by atoms with E-state index in [9.17, 15) is 0 Å². The topological polar surface area (TPSA) is 44.9 Å². The molecule has 7 rings (SSSR count). The Kier molecular flexibility index (Phi) is 8.25. The van der Waals surface area contributed by atoms with Crippen LogP contribution in [0.25, 0.3) is 33.3 Å². The minimum absolute atomic E-state index is 0.461. The predicted molar refractivity (Wildman–Crippen MR) is 190 cm³/mol. The standard InChI is InChI=1S/C41H44N4O/c1-6-28-14-12-15-29(7-2)40(28)41-35(8-3)43-45(36(41)9-4)30-16-13-17-31(25-30)46-32-20-21-34-33-18-10-11-19-37(33)44(38(34)26-32)39-24-27(5)22-23-42-39/h10-11,13-14,16-26,29,40H,6-9,12,15H2,1-5H3/t29-,40+/m0/s1. The van der Waals surface area contributed by atoms with E-state index < -0.39 is 0 Å². The number of ether oxygens (including phenoxy) is 1. The summed E-state index contributed by atoms with van der Waals surface area (Å²) in [6.45, 7) is 11.3. The summed E-state index contributed by atoms with van der Waals surface area (Å²) in [6.07, 6.45) is 11.0. The number of rotatable bonds is 9. The summed E-state index contributed by atoms with van der Waals surface area (Å²) in [5, 5.41) is 7.65. The van der Waals surface area contributed by atoms with Gasteiger partial charge in [0, 0.05) is 46.3 Å².